The van der Waals surface area contributed by atoms with Crippen LogP contribution in [0.4, 0.5) is 0 Å². The Morgan fingerprint density at radius 1 is 1.32 bits per heavy atom. The molecule has 2 aliphatic rings. The molecule has 2 aliphatic heterocycles. The molecule has 2 fully saturated rings. The van der Waals surface area contributed by atoms with E-state index >= 15 is 0 Å². The van der Waals surface area contributed by atoms with E-state index in [0.717, 1.165) is 25.8 Å². The first-order valence-corrected chi connectivity index (χ1v) is 7.01. The minimum atomic E-state index is -0.219. The van der Waals surface area contributed by atoms with Gasteiger partial charge >= 0.3 is 0 Å². The van der Waals surface area contributed by atoms with Crippen molar-refractivity contribution in [1.29, 1.82) is 0 Å². The lowest BCUT2D eigenvalue weighted by Crippen LogP contribution is -2.44. The van der Waals surface area contributed by atoms with Gasteiger partial charge in [-0.15, -0.1) is 6.58 Å². The summed E-state index contributed by atoms with van der Waals surface area (Å²) in [5.41, 5.74) is 0. The zero-order chi connectivity index (χ0) is 13.7. The van der Waals surface area contributed by atoms with E-state index in [-0.39, 0.29) is 17.9 Å². The normalized spacial score (nSPS) is 23.5. The summed E-state index contributed by atoms with van der Waals surface area (Å²) in [5, 5.41) is 0. The van der Waals surface area contributed by atoms with Gasteiger partial charge in [-0.3, -0.25) is 9.59 Å². The van der Waals surface area contributed by atoms with Crippen LogP contribution in [-0.2, 0) is 14.3 Å². The second kappa shape index (κ2) is 6.70. The summed E-state index contributed by atoms with van der Waals surface area (Å²) in [5.74, 6) is 0.210. The van der Waals surface area contributed by atoms with Crippen molar-refractivity contribution in [2.75, 3.05) is 32.8 Å². The highest BCUT2D eigenvalue weighted by Crippen LogP contribution is 2.23. The molecule has 0 aliphatic carbocycles. The predicted octanol–water partition coefficient (Wildman–Crippen LogP) is 0.802. The number of carbonyl (C=O) groups excluding carboxylic acids is 2. The molecule has 2 heterocycles. The quantitative estimate of drug-likeness (QED) is 0.528. The Balaban J connectivity index is 1.85. The highest BCUT2D eigenvalue weighted by atomic mass is 16.5. The van der Waals surface area contributed by atoms with Crippen LogP contribution in [0.5, 0.6) is 0 Å². The van der Waals surface area contributed by atoms with Gasteiger partial charge in [0.2, 0.25) is 11.8 Å². The van der Waals surface area contributed by atoms with Crippen LogP contribution in [0, 0.1) is 0 Å². The van der Waals surface area contributed by atoms with Crippen molar-refractivity contribution < 1.29 is 14.3 Å². The van der Waals surface area contributed by atoms with Crippen molar-refractivity contribution in [3.8, 4) is 0 Å². The average molecular weight is 266 g/mol. The van der Waals surface area contributed by atoms with Crippen molar-refractivity contribution in [2.24, 2.45) is 0 Å². The fourth-order valence-corrected chi connectivity index (χ4v) is 2.68. The fraction of sp³-hybridized carbons (Fsp3) is 0.714. The lowest BCUT2D eigenvalue weighted by Gasteiger charge is -2.25. The molecule has 0 radical (unpaired) electrons. The minimum Gasteiger partial charge on any atom is -0.379 e. The molecule has 5 heteroatoms. The van der Waals surface area contributed by atoms with E-state index in [1.807, 2.05) is 6.08 Å². The largest absolute Gasteiger partial charge is 0.379 e. The van der Waals surface area contributed by atoms with Gasteiger partial charge in [0.05, 0.1) is 13.2 Å². The summed E-state index contributed by atoms with van der Waals surface area (Å²) in [4.78, 5) is 27.8. The van der Waals surface area contributed by atoms with Crippen molar-refractivity contribution in [3.63, 3.8) is 0 Å². The maximum Gasteiger partial charge on any atom is 0.245 e. The molecule has 2 amide bonds. The summed E-state index contributed by atoms with van der Waals surface area (Å²) < 4.78 is 5.44. The minimum absolute atomic E-state index is 0.0932. The Morgan fingerprint density at radius 2 is 2.16 bits per heavy atom. The molecular formula is C14H22N2O3. The van der Waals surface area contributed by atoms with Crippen LogP contribution in [0.25, 0.3) is 0 Å². The molecule has 106 valence electrons. The SMILES string of the molecule is C=CCCOCCN1CCC(=O)N2CCCC2C1=O. The molecule has 2 rings (SSSR count). The smallest absolute Gasteiger partial charge is 0.245 e. The topological polar surface area (TPSA) is 49.9 Å². The monoisotopic (exact) mass is 266 g/mol. The molecule has 1 atom stereocenters. The average Bonchev–Trinajstić information content (AvgIpc) is 2.86. The number of amides is 2. The third-order valence-electron chi connectivity index (χ3n) is 3.74. The lowest BCUT2D eigenvalue weighted by atomic mass is 10.2. The fourth-order valence-electron chi connectivity index (χ4n) is 2.68. The number of ether oxygens (including phenoxy) is 1. The lowest BCUT2D eigenvalue weighted by molar-refractivity contribution is -0.139. The van der Waals surface area contributed by atoms with E-state index in [0.29, 0.717) is 32.7 Å². The number of nitrogens with zero attached hydrogens (tertiary/aromatic N) is 2. The Bertz CT molecular complexity index is 357. The van der Waals surface area contributed by atoms with Gasteiger partial charge in [-0.2, -0.15) is 0 Å². The summed E-state index contributed by atoms with van der Waals surface area (Å²) in [6.07, 6.45) is 4.81. The molecule has 0 N–H and O–H groups in total. The maximum absolute atomic E-state index is 12.4. The summed E-state index contributed by atoms with van der Waals surface area (Å²) in [6.45, 7) is 6.63. The maximum atomic E-state index is 12.4. The standard InChI is InChI=1S/C14H22N2O3/c1-2-3-10-19-11-9-15-8-6-13(17)16-7-4-5-12(16)14(15)18/h2,12H,1,3-11H2. The third kappa shape index (κ3) is 3.35. The molecule has 0 saturated carbocycles. The van der Waals surface area contributed by atoms with Gasteiger partial charge in [0.15, 0.2) is 0 Å². The first-order chi connectivity index (χ1) is 9.24. The molecule has 5 nitrogen and oxygen atoms in total. The van der Waals surface area contributed by atoms with Crippen LogP contribution < -0.4 is 0 Å². The van der Waals surface area contributed by atoms with Crippen LogP contribution in [0.15, 0.2) is 12.7 Å². The molecular weight excluding hydrogens is 244 g/mol. The Hall–Kier alpha value is -1.36. The number of fused-ring (bicyclic) bond motifs is 1. The van der Waals surface area contributed by atoms with Gasteiger partial charge in [-0.05, 0) is 19.3 Å². The highest BCUT2D eigenvalue weighted by molar-refractivity contribution is 5.90. The zero-order valence-corrected chi connectivity index (χ0v) is 11.3. The molecule has 1 unspecified atom stereocenters. The van der Waals surface area contributed by atoms with Gasteiger partial charge < -0.3 is 14.5 Å². The first kappa shape index (κ1) is 14.1. The molecule has 19 heavy (non-hydrogen) atoms. The number of rotatable bonds is 6. The Labute approximate surface area is 114 Å². The van der Waals surface area contributed by atoms with Crippen LogP contribution >= 0.6 is 0 Å². The summed E-state index contributed by atoms with van der Waals surface area (Å²) >= 11 is 0. The van der Waals surface area contributed by atoms with Crippen molar-refractivity contribution >= 4 is 11.8 Å². The van der Waals surface area contributed by atoms with Gasteiger partial charge in [0.25, 0.3) is 0 Å². The van der Waals surface area contributed by atoms with Crippen molar-refractivity contribution in [1.82, 2.24) is 9.80 Å². The first-order valence-electron chi connectivity index (χ1n) is 7.01. The van der Waals surface area contributed by atoms with Crippen LogP contribution in [-0.4, -0.2) is 60.5 Å². The number of carbonyl (C=O) groups is 2. The van der Waals surface area contributed by atoms with Gasteiger partial charge in [0, 0.05) is 26.1 Å². The van der Waals surface area contributed by atoms with E-state index < -0.39 is 0 Å². The zero-order valence-electron chi connectivity index (χ0n) is 11.3. The van der Waals surface area contributed by atoms with E-state index in [1.165, 1.54) is 0 Å². The second-order valence-electron chi connectivity index (χ2n) is 5.01. The molecule has 0 spiro atoms. The number of hydrogen-bond acceptors (Lipinski definition) is 3. The number of hydrogen-bond donors (Lipinski definition) is 0. The van der Waals surface area contributed by atoms with E-state index in [1.54, 1.807) is 9.80 Å². The molecule has 2 saturated heterocycles. The molecule has 0 aromatic carbocycles. The van der Waals surface area contributed by atoms with Gasteiger partial charge in [0.1, 0.15) is 6.04 Å². The second-order valence-corrected chi connectivity index (χ2v) is 5.01. The van der Waals surface area contributed by atoms with Crippen LogP contribution in [0.3, 0.4) is 0 Å². The van der Waals surface area contributed by atoms with Crippen molar-refractivity contribution in [3.05, 3.63) is 12.7 Å². The van der Waals surface area contributed by atoms with Crippen LogP contribution in [0.2, 0.25) is 0 Å². The summed E-state index contributed by atoms with van der Waals surface area (Å²) in [7, 11) is 0. The van der Waals surface area contributed by atoms with Gasteiger partial charge in [-0.25, -0.2) is 0 Å². The van der Waals surface area contributed by atoms with Crippen molar-refractivity contribution in [2.45, 2.75) is 31.7 Å². The van der Waals surface area contributed by atoms with Crippen LogP contribution in [0.1, 0.15) is 25.7 Å². The molecule has 0 bridgehead atoms. The van der Waals surface area contributed by atoms with E-state index in [4.69, 9.17) is 4.74 Å². The third-order valence-corrected chi connectivity index (χ3v) is 3.74. The Morgan fingerprint density at radius 3 is 2.95 bits per heavy atom. The Kier molecular flexibility index (Phi) is 4.96. The summed E-state index contributed by atoms with van der Waals surface area (Å²) in [6, 6.07) is -0.219. The molecule has 0 aromatic heterocycles. The predicted molar refractivity (Wildman–Crippen MR) is 71.6 cm³/mol. The molecule has 0 aromatic rings. The van der Waals surface area contributed by atoms with Gasteiger partial charge in [-0.1, -0.05) is 6.08 Å². The van der Waals surface area contributed by atoms with E-state index in [9.17, 15) is 9.59 Å². The van der Waals surface area contributed by atoms with E-state index in [2.05, 4.69) is 6.58 Å². The highest BCUT2D eigenvalue weighted by Gasteiger charge is 2.38.